The Morgan fingerprint density at radius 1 is 0.931 bits per heavy atom. The molecule has 0 unspecified atom stereocenters. The van der Waals surface area contributed by atoms with E-state index in [0.717, 1.165) is 16.8 Å². The summed E-state index contributed by atoms with van der Waals surface area (Å²) in [5.74, 6) is -0.411. The molecule has 1 heterocycles. The molecule has 0 saturated heterocycles. The van der Waals surface area contributed by atoms with Gasteiger partial charge in [0, 0.05) is 22.9 Å². The number of rotatable bonds is 5. The van der Waals surface area contributed by atoms with E-state index in [2.05, 4.69) is 5.10 Å². The summed E-state index contributed by atoms with van der Waals surface area (Å²) < 4.78 is 15.1. The number of hydrogen-bond donors (Lipinski definition) is 1. The Labute approximate surface area is 167 Å². The van der Waals surface area contributed by atoms with Gasteiger partial charge >= 0.3 is 0 Å². The molecule has 4 nitrogen and oxygen atoms in total. The SMILES string of the molecule is O=C(/C=C\c1cn(-c2ccccc2)nc1-c1ccc(F)cc1)c1ccc(O)cc1. The van der Waals surface area contributed by atoms with Gasteiger partial charge in [0.2, 0.25) is 0 Å². The molecule has 0 radical (unpaired) electrons. The van der Waals surface area contributed by atoms with Crippen LogP contribution >= 0.6 is 0 Å². The highest BCUT2D eigenvalue weighted by Crippen LogP contribution is 2.25. The molecule has 0 atom stereocenters. The number of allylic oxidation sites excluding steroid dienone is 1. The highest BCUT2D eigenvalue weighted by atomic mass is 19.1. The van der Waals surface area contributed by atoms with Crippen LogP contribution in [0.2, 0.25) is 0 Å². The number of halogens is 1. The summed E-state index contributed by atoms with van der Waals surface area (Å²) in [7, 11) is 0. The molecule has 29 heavy (non-hydrogen) atoms. The van der Waals surface area contributed by atoms with Gasteiger partial charge in [0.1, 0.15) is 11.6 Å². The number of para-hydroxylation sites is 1. The van der Waals surface area contributed by atoms with Crippen molar-refractivity contribution in [2.45, 2.75) is 0 Å². The molecule has 0 bridgehead atoms. The molecule has 1 aromatic heterocycles. The largest absolute Gasteiger partial charge is 0.508 e. The Balaban J connectivity index is 1.72. The van der Waals surface area contributed by atoms with Gasteiger partial charge in [-0.1, -0.05) is 18.2 Å². The van der Waals surface area contributed by atoms with E-state index in [4.69, 9.17) is 0 Å². The Morgan fingerprint density at radius 3 is 2.31 bits per heavy atom. The minimum atomic E-state index is -0.323. The topological polar surface area (TPSA) is 55.1 Å². The normalized spacial score (nSPS) is 11.1. The molecule has 142 valence electrons. The molecule has 3 aromatic carbocycles. The van der Waals surface area contributed by atoms with Crippen molar-refractivity contribution in [3.63, 3.8) is 0 Å². The predicted octanol–water partition coefficient (Wildman–Crippen LogP) is 5.28. The van der Waals surface area contributed by atoms with Gasteiger partial charge in [-0.15, -0.1) is 0 Å². The second kappa shape index (κ2) is 7.94. The summed E-state index contributed by atoms with van der Waals surface area (Å²) in [5, 5.41) is 14.0. The van der Waals surface area contributed by atoms with Crippen molar-refractivity contribution < 1.29 is 14.3 Å². The van der Waals surface area contributed by atoms with E-state index in [1.165, 1.54) is 30.3 Å². The number of phenolic OH excluding ortho intramolecular Hbond substituents is 1. The van der Waals surface area contributed by atoms with Crippen molar-refractivity contribution in [2.24, 2.45) is 0 Å². The van der Waals surface area contributed by atoms with Crippen LogP contribution in [-0.2, 0) is 0 Å². The number of nitrogens with zero attached hydrogens (tertiary/aromatic N) is 2. The van der Waals surface area contributed by atoms with Gasteiger partial charge in [0.15, 0.2) is 5.78 Å². The number of carbonyl (C=O) groups excluding carboxylic acids is 1. The fourth-order valence-corrected chi connectivity index (χ4v) is 2.94. The van der Waals surface area contributed by atoms with Gasteiger partial charge in [0.25, 0.3) is 0 Å². The summed E-state index contributed by atoms with van der Waals surface area (Å²) in [4.78, 5) is 12.5. The molecule has 0 saturated carbocycles. The third-order valence-corrected chi connectivity index (χ3v) is 4.45. The number of phenols is 1. The predicted molar refractivity (Wildman–Crippen MR) is 110 cm³/mol. The van der Waals surface area contributed by atoms with Gasteiger partial charge < -0.3 is 5.11 Å². The monoisotopic (exact) mass is 384 g/mol. The van der Waals surface area contributed by atoms with Gasteiger partial charge in [0.05, 0.1) is 11.4 Å². The van der Waals surface area contributed by atoms with Crippen LogP contribution in [0.25, 0.3) is 23.0 Å². The van der Waals surface area contributed by atoms with Crippen molar-refractivity contribution in [3.05, 3.63) is 108 Å². The maximum absolute atomic E-state index is 13.3. The summed E-state index contributed by atoms with van der Waals surface area (Å²) >= 11 is 0. The lowest BCUT2D eigenvalue weighted by Gasteiger charge is -2.00. The molecule has 0 spiro atoms. The number of benzene rings is 3. The molecular weight excluding hydrogens is 367 g/mol. The van der Waals surface area contributed by atoms with Crippen LogP contribution < -0.4 is 0 Å². The van der Waals surface area contributed by atoms with Gasteiger partial charge in [-0.3, -0.25) is 4.79 Å². The van der Waals surface area contributed by atoms with Gasteiger partial charge in [-0.2, -0.15) is 5.10 Å². The summed E-state index contributed by atoms with van der Waals surface area (Å²) in [6.07, 6.45) is 4.99. The van der Waals surface area contributed by atoms with E-state index in [1.54, 1.807) is 35.0 Å². The maximum atomic E-state index is 13.3. The minimum absolute atomic E-state index is 0.105. The molecule has 5 heteroatoms. The average molecular weight is 384 g/mol. The van der Waals surface area contributed by atoms with E-state index in [9.17, 15) is 14.3 Å². The van der Waals surface area contributed by atoms with E-state index in [-0.39, 0.29) is 17.3 Å². The van der Waals surface area contributed by atoms with Crippen LogP contribution in [-0.4, -0.2) is 20.7 Å². The summed E-state index contributed by atoms with van der Waals surface area (Å²) in [6, 6.07) is 21.8. The first-order valence-electron chi connectivity index (χ1n) is 9.02. The lowest BCUT2D eigenvalue weighted by atomic mass is 10.1. The first kappa shape index (κ1) is 18.4. The molecule has 0 fully saturated rings. The Bertz CT molecular complexity index is 1160. The van der Waals surface area contributed by atoms with Crippen LogP contribution in [0.1, 0.15) is 15.9 Å². The molecule has 0 aliphatic rings. The second-order valence-electron chi connectivity index (χ2n) is 6.46. The number of hydrogen-bond acceptors (Lipinski definition) is 3. The smallest absolute Gasteiger partial charge is 0.185 e. The van der Waals surface area contributed by atoms with Crippen LogP contribution in [0.5, 0.6) is 5.75 Å². The number of ketones is 1. The van der Waals surface area contributed by atoms with Crippen molar-refractivity contribution in [1.82, 2.24) is 9.78 Å². The zero-order chi connectivity index (χ0) is 20.2. The van der Waals surface area contributed by atoms with Gasteiger partial charge in [-0.05, 0) is 72.8 Å². The first-order chi connectivity index (χ1) is 14.1. The molecule has 0 aliphatic heterocycles. The zero-order valence-electron chi connectivity index (χ0n) is 15.4. The summed E-state index contributed by atoms with van der Waals surface area (Å²) in [5.41, 5.74) is 3.47. The Kier molecular flexibility index (Phi) is 5.03. The quantitative estimate of drug-likeness (QED) is 0.376. The van der Waals surface area contributed by atoms with E-state index >= 15 is 0 Å². The molecular formula is C24H17FN2O2. The highest BCUT2D eigenvalue weighted by molar-refractivity contribution is 6.07. The van der Waals surface area contributed by atoms with Crippen LogP contribution in [0.4, 0.5) is 4.39 Å². The van der Waals surface area contributed by atoms with E-state index in [1.807, 2.05) is 36.5 Å². The minimum Gasteiger partial charge on any atom is -0.508 e. The van der Waals surface area contributed by atoms with Crippen molar-refractivity contribution in [1.29, 1.82) is 0 Å². The third kappa shape index (κ3) is 4.14. The van der Waals surface area contributed by atoms with Crippen molar-refractivity contribution in [2.75, 3.05) is 0 Å². The number of carbonyl (C=O) groups is 1. The van der Waals surface area contributed by atoms with Gasteiger partial charge in [-0.25, -0.2) is 9.07 Å². The molecule has 0 aliphatic carbocycles. The van der Waals surface area contributed by atoms with E-state index < -0.39 is 0 Å². The van der Waals surface area contributed by atoms with Crippen molar-refractivity contribution >= 4 is 11.9 Å². The molecule has 4 rings (SSSR count). The zero-order valence-corrected chi connectivity index (χ0v) is 15.4. The Morgan fingerprint density at radius 2 is 1.62 bits per heavy atom. The first-order valence-corrected chi connectivity index (χ1v) is 9.02. The maximum Gasteiger partial charge on any atom is 0.185 e. The molecule has 1 N–H and O–H groups in total. The average Bonchev–Trinajstić information content (AvgIpc) is 3.18. The second-order valence-corrected chi connectivity index (χ2v) is 6.46. The lowest BCUT2D eigenvalue weighted by Crippen LogP contribution is -1.94. The van der Waals surface area contributed by atoms with Crippen molar-refractivity contribution in [3.8, 4) is 22.7 Å². The fourth-order valence-electron chi connectivity index (χ4n) is 2.94. The van der Waals surface area contributed by atoms with Crippen LogP contribution in [0.3, 0.4) is 0 Å². The highest BCUT2D eigenvalue weighted by Gasteiger charge is 2.11. The summed E-state index contributed by atoms with van der Waals surface area (Å²) in [6.45, 7) is 0. The van der Waals surface area contributed by atoms with Crippen LogP contribution in [0.15, 0.2) is 91.1 Å². The number of aromatic hydroxyl groups is 1. The standard InChI is InChI=1S/C24H17FN2O2/c25-20-11-6-18(7-12-20)24-19(16-27(26-24)21-4-2-1-3-5-21)10-15-23(29)17-8-13-22(28)14-9-17/h1-16,28H/b15-10-. The fraction of sp³-hybridized carbons (Fsp3) is 0. The number of aromatic nitrogens is 2. The molecule has 0 amide bonds. The third-order valence-electron chi connectivity index (χ3n) is 4.45. The lowest BCUT2D eigenvalue weighted by molar-refractivity contribution is 0.104. The van der Waals surface area contributed by atoms with E-state index in [0.29, 0.717) is 11.3 Å². The molecule has 4 aromatic rings. The Hall–Kier alpha value is -3.99. The van der Waals surface area contributed by atoms with Crippen LogP contribution in [0, 0.1) is 5.82 Å².